The van der Waals surface area contributed by atoms with Crippen LogP contribution in [0.3, 0.4) is 0 Å². The average Bonchev–Trinajstić information content (AvgIpc) is 2.97. The first-order valence-electron chi connectivity index (χ1n) is 8.21. The van der Waals surface area contributed by atoms with Crippen molar-refractivity contribution in [2.45, 2.75) is 39.1 Å². The fraction of sp³-hybridized carbons (Fsp3) is 0.412. The van der Waals surface area contributed by atoms with Gasteiger partial charge in [0.15, 0.2) is 5.69 Å². The topological polar surface area (TPSA) is 92.5 Å². The van der Waals surface area contributed by atoms with E-state index in [1.807, 2.05) is 13.8 Å². The molecular formula is C17H22ClN3O4S. The number of carbonyl (C=O) groups is 1. The van der Waals surface area contributed by atoms with Gasteiger partial charge in [0.2, 0.25) is 15.9 Å². The van der Waals surface area contributed by atoms with E-state index in [2.05, 4.69) is 9.71 Å². The first-order valence-corrected chi connectivity index (χ1v) is 10.1. The Bertz CT molecular complexity index is 905. The lowest BCUT2D eigenvalue weighted by Crippen LogP contribution is -2.31. The van der Waals surface area contributed by atoms with Crippen LogP contribution in [0.4, 0.5) is 0 Å². The highest BCUT2D eigenvalue weighted by molar-refractivity contribution is 7.89. The maximum Gasteiger partial charge on any atom is 0.276 e. The molecule has 0 fully saturated rings. The summed E-state index contributed by atoms with van der Waals surface area (Å²) in [5.41, 5.74) is 0.860. The van der Waals surface area contributed by atoms with Crippen molar-refractivity contribution >= 4 is 27.5 Å². The van der Waals surface area contributed by atoms with E-state index in [4.69, 9.17) is 16.0 Å². The number of aromatic nitrogens is 1. The van der Waals surface area contributed by atoms with Crippen molar-refractivity contribution in [1.82, 2.24) is 14.6 Å². The number of hydrogen-bond acceptors (Lipinski definition) is 5. The summed E-state index contributed by atoms with van der Waals surface area (Å²) in [5, 5.41) is 0.492. The van der Waals surface area contributed by atoms with E-state index in [1.54, 1.807) is 18.7 Å². The molecule has 0 aliphatic rings. The van der Waals surface area contributed by atoms with Crippen molar-refractivity contribution in [1.29, 1.82) is 0 Å². The summed E-state index contributed by atoms with van der Waals surface area (Å²) < 4.78 is 32.7. The molecule has 0 radical (unpaired) electrons. The van der Waals surface area contributed by atoms with Gasteiger partial charge in [0.05, 0.1) is 11.4 Å². The largest absolute Gasteiger partial charge is 0.444 e. The molecule has 0 spiro atoms. The molecule has 0 aliphatic carbocycles. The zero-order valence-corrected chi connectivity index (χ0v) is 16.7. The van der Waals surface area contributed by atoms with Crippen LogP contribution >= 0.6 is 11.6 Å². The predicted molar refractivity (Wildman–Crippen MR) is 98.7 cm³/mol. The molecular weight excluding hydrogens is 378 g/mol. The molecule has 1 aromatic carbocycles. The Hall–Kier alpha value is -1.90. The third kappa shape index (κ3) is 4.44. The molecule has 2 aromatic rings. The number of rotatable bonds is 7. The van der Waals surface area contributed by atoms with Crippen molar-refractivity contribution in [3.05, 3.63) is 46.1 Å². The number of carbonyl (C=O) groups excluding carboxylic acids is 1. The van der Waals surface area contributed by atoms with Crippen molar-refractivity contribution in [3.63, 3.8) is 0 Å². The second-order valence-corrected chi connectivity index (χ2v) is 7.90. The van der Waals surface area contributed by atoms with Gasteiger partial charge in [-0.15, -0.1) is 0 Å². The van der Waals surface area contributed by atoms with E-state index in [0.29, 0.717) is 29.4 Å². The fourth-order valence-electron chi connectivity index (χ4n) is 2.41. The quantitative estimate of drug-likeness (QED) is 0.772. The van der Waals surface area contributed by atoms with Gasteiger partial charge in [-0.3, -0.25) is 4.79 Å². The highest BCUT2D eigenvalue weighted by atomic mass is 35.5. The molecule has 142 valence electrons. The van der Waals surface area contributed by atoms with E-state index >= 15 is 0 Å². The van der Waals surface area contributed by atoms with Crippen LogP contribution < -0.4 is 4.72 Å². The molecule has 7 nitrogen and oxygen atoms in total. The van der Waals surface area contributed by atoms with Gasteiger partial charge in [0, 0.05) is 18.1 Å². The summed E-state index contributed by atoms with van der Waals surface area (Å²) in [6.45, 7) is 8.06. The summed E-state index contributed by atoms with van der Waals surface area (Å²) in [6.07, 6.45) is 0. The van der Waals surface area contributed by atoms with E-state index < -0.39 is 10.0 Å². The normalized spacial score (nSPS) is 11.6. The fourth-order valence-corrected chi connectivity index (χ4v) is 3.59. The van der Waals surface area contributed by atoms with Gasteiger partial charge >= 0.3 is 0 Å². The summed E-state index contributed by atoms with van der Waals surface area (Å²) in [7, 11) is -3.75. The second-order valence-electron chi connectivity index (χ2n) is 5.73. The number of amides is 1. The van der Waals surface area contributed by atoms with Crippen molar-refractivity contribution < 1.29 is 17.6 Å². The molecule has 0 saturated heterocycles. The lowest BCUT2D eigenvalue weighted by Gasteiger charge is -2.16. The Balaban J connectivity index is 2.15. The Morgan fingerprint density at radius 2 is 1.92 bits per heavy atom. The molecule has 2 rings (SSSR count). The first-order chi connectivity index (χ1) is 12.2. The summed E-state index contributed by atoms with van der Waals surface area (Å²) in [4.78, 5) is 18.3. The Labute approximate surface area is 158 Å². The molecule has 1 amide bonds. The number of oxazole rings is 1. The van der Waals surface area contributed by atoms with Crippen molar-refractivity contribution in [2.75, 3.05) is 13.1 Å². The zero-order valence-electron chi connectivity index (χ0n) is 15.2. The van der Waals surface area contributed by atoms with Crippen LogP contribution in [0.2, 0.25) is 5.02 Å². The molecule has 0 aliphatic heterocycles. The molecule has 9 heteroatoms. The monoisotopic (exact) mass is 399 g/mol. The Morgan fingerprint density at radius 1 is 1.27 bits per heavy atom. The Morgan fingerprint density at radius 3 is 2.50 bits per heavy atom. The van der Waals surface area contributed by atoms with Crippen LogP contribution in [0.1, 0.15) is 41.6 Å². The number of nitrogens with one attached hydrogen (secondary N) is 1. The van der Waals surface area contributed by atoms with Crippen LogP contribution in [-0.4, -0.2) is 37.3 Å². The average molecular weight is 400 g/mol. The molecule has 0 unspecified atom stereocenters. The molecule has 1 heterocycles. The van der Waals surface area contributed by atoms with E-state index in [9.17, 15) is 13.2 Å². The van der Waals surface area contributed by atoms with Crippen LogP contribution in [-0.2, 0) is 16.6 Å². The molecule has 0 atom stereocenters. The molecule has 1 aromatic heterocycles. The standard InChI is InChI=1S/C17H22ClN3O4S/c1-5-21(6-2)17(22)16-12(4)25-15(20-16)10-19-26(23,24)13-7-8-14(18)11(3)9-13/h7-9,19H,5-6,10H2,1-4H3. The van der Waals surface area contributed by atoms with Crippen LogP contribution in [0.5, 0.6) is 0 Å². The molecule has 26 heavy (non-hydrogen) atoms. The summed E-state index contributed by atoms with van der Waals surface area (Å²) >= 11 is 5.93. The van der Waals surface area contributed by atoms with E-state index in [0.717, 1.165) is 0 Å². The SMILES string of the molecule is CCN(CC)C(=O)c1nc(CNS(=O)(=O)c2ccc(Cl)c(C)c2)oc1C. The smallest absolute Gasteiger partial charge is 0.276 e. The second kappa shape index (κ2) is 8.20. The Kier molecular flexibility index (Phi) is 6.44. The molecule has 1 N–H and O–H groups in total. The minimum atomic E-state index is -3.75. The lowest BCUT2D eigenvalue weighted by atomic mass is 10.2. The lowest BCUT2D eigenvalue weighted by molar-refractivity contribution is 0.0766. The van der Waals surface area contributed by atoms with Crippen molar-refractivity contribution in [2.24, 2.45) is 0 Å². The molecule has 0 saturated carbocycles. The van der Waals surface area contributed by atoms with Gasteiger partial charge < -0.3 is 9.32 Å². The van der Waals surface area contributed by atoms with Crippen LogP contribution in [0.15, 0.2) is 27.5 Å². The van der Waals surface area contributed by atoms with E-state index in [-0.39, 0.29) is 28.9 Å². The van der Waals surface area contributed by atoms with Crippen LogP contribution in [0.25, 0.3) is 0 Å². The minimum absolute atomic E-state index is 0.0992. The maximum absolute atomic E-state index is 12.4. The number of halogens is 1. The number of hydrogen-bond donors (Lipinski definition) is 1. The van der Waals surface area contributed by atoms with E-state index in [1.165, 1.54) is 18.2 Å². The zero-order chi connectivity index (χ0) is 19.5. The maximum atomic E-state index is 12.4. The molecule has 0 bridgehead atoms. The minimum Gasteiger partial charge on any atom is -0.444 e. The third-order valence-electron chi connectivity index (χ3n) is 3.95. The van der Waals surface area contributed by atoms with Gasteiger partial charge in [0.1, 0.15) is 5.76 Å². The summed E-state index contributed by atoms with van der Waals surface area (Å²) in [5.74, 6) is 0.254. The number of sulfonamides is 1. The van der Waals surface area contributed by atoms with Gasteiger partial charge in [-0.1, -0.05) is 11.6 Å². The predicted octanol–water partition coefficient (Wildman–Crippen LogP) is 2.91. The third-order valence-corrected chi connectivity index (χ3v) is 5.77. The van der Waals surface area contributed by atoms with Crippen LogP contribution in [0, 0.1) is 13.8 Å². The number of nitrogens with zero attached hydrogens (tertiary/aromatic N) is 2. The van der Waals surface area contributed by atoms with Crippen molar-refractivity contribution in [3.8, 4) is 0 Å². The highest BCUT2D eigenvalue weighted by Gasteiger charge is 2.22. The van der Waals surface area contributed by atoms with Gasteiger partial charge in [0.25, 0.3) is 5.91 Å². The van der Waals surface area contributed by atoms with Gasteiger partial charge in [-0.25, -0.2) is 18.1 Å². The highest BCUT2D eigenvalue weighted by Crippen LogP contribution is 2.20. The summed E-state index contributed by atoms with van der Waals surface area (Å²) in [6, 6.07) is 4.44. The number of benzene rings is 1. The van der Waals surface area contributed by atoms with Gasteiger partial charge in [-0.05, 0) is 51.5 Å². The first kappa shape index (κ1) is 20.4. The van der Waals surface area contributed by atoms with Gasteiger partial charge in [-0.2, -0.15) is 0 Å². The number of aryl methyl sites for hydroxylation is 2.